The first-order valence-electron chi connectivity index (χ1n) is 3.68. The molecule has 0 bridgehead atoms. The lowest BCUT2D eigenvalue weighted by Gasteiger charge is -1.97. The number of hydrogen-bond acceptors (Lipinski definition) is 1. The Labute approximate surface area is 72.8 Å². The van der Waals surface area contributed by atoms with Crippen LogP contribution in [-0.4, -0.2) is 16.1 Å². The fraction of sp³-hybridized carbons (Fsp3) is 0. The molecule has 0 fully saturated rings. The fourth-order valence-electron chi connectivity index (χ4n) is 1.31. The van der Waals surface area contributed by atoms with Gasteiger partial charge >= 0.3 is 5.97 Å². The van der Waals surface area contributed by atoms with Gasteiger partial charge in [0, 0.05) is 17.1 Å². The van der Waals surface area contributed by atoms with Gasteiger partial charge in [-0.3, -0.25) is 0 Å². The summed E-state index contributed by atoms with van der Waals surface area (Å²) in [6.45, 7) is 0. The number of H-pyrrole nitrogens is 1. The summed E-state index contributed by atoms with van der Waals surface area (Å²) >= 11 is 0. The highest BCUT2D eigenvalue weighted by molar-refractivity contribution is 6.02. The highest BCUT2D eigenvalue weighted by atomic mass is 19.1. The maximum atomic E-state index is 12.9. The van der Waals surface area contributed by atoms with Crippen molar-refractivity contribution in [2.45, 2.75) is 0 Å². The van der Waals surface area contributed by atoms with Crippen molar-refractivity contribution in [3.05, 3.63) is 35.8 Å². The maximum Gasteiger partial charge on any atom is 0.336 e. The van der Waals surface area contributed by atoms with Gasteiger partial charge in [0.2, 0.25) is 0 Å². The van der Waals surface area contributed by atoms with Gasteiger partial charge < -0.3 is 10.1 Å². The van der Waals surface area contributed by atoms with Gasteiger partial charge in [0.05, 0.1) is 5.56 Å². The van der Waals surface area contributed by atoms with Gasteiger partial charge in [0.1, 0.15) is 5.82 Å². The summed E-state index contributed by atoms with van der Waals surface area (Å²) in [6.07, 6.45) is 1.58. The monoisotopic (exact) mass is 179 g/mol. The summed E-state index contributed by atoms with van der Waals surface area (Å²) in [5.41, 5.74) is 0.480. The van der Waals surface area contributed by atoms with Crippen molar-refractivity contribution < 1.29 is 14.3 Å². The smallest absolute Gasteiger partial charge is 0.336 e. The molecule has 66 valence electrons. The quantitative estimate of drug-likeness (QED) is 0.703. The van der Waals surface area contributed by atoms with Crippen LogP contribution < -0.4 is 0 Å². The van der Waals surface area contributed by atoms with Gasteiger partial charge in [0.15, 0.2) is 0 Å². The van der Waals surface area contributed by atoms with Crippen molar-refractivity contribution in [2.75, 3.05) is 0 Å². The summed E-state index contributed by atoms with van der Waals surface area (Å²) in [7, 11) is 0. The molecule has 0 saturated carbocycles. The summed E-state index contributed by atoms with van der Waals surface area (Å²) in [4.78, 5) is 13.4. The Morgan fingerprint density at radius 2 is 2.23 bits per heavy atom. The van der Waals surface area contributed by atoms with Gasteiger partial charge in [-0.15, -0.1) is 0 Å². The molecule has 0 aliphatic heterocycles. The van der Waals surface area contributed by atoms with E-state index in [0.717, 1.165) is 6.07 Å². The number of halogens is 1. The first kappa shape index (κ1) is 7.79. The molecular formula is C9H6FNO2. The fourth-order valence-corrected chi connectivity index (χ4v) is 1.31. The third-order valence-corrected chi connectivity index (χ3v) is 1.86. The molecule has 13 heavy (non-hydrogen) atoms. The number of hydrogen-bond donors (Lipinski definition) is 2. The van der Waals surface area contributed by atoms with Crippen LogP contribution in [-0.2, 0) is 0 Å². The second-order valence-electron chi connectivity index (χ2n) is 2.70. The van der Waals surface area contributed by atoms with Crippen molar-refractivity contribution in [1.82, 2.24) is 4.98 Å². The Balaban J connectivity index is 2.84. The molecule has 0 saturated heterocycles. The zero-order chi connectivity index (χ0) is 9.42. The van der Waals surface area contributed by atoms with Crippen LogP contribution in [0.5, 0.6) is 0 Å². The van der Waals surface area contributed by atoms with E-state index in [4.69, 9.17) is 5.11 Å². The van der Waals surface area contributed by atoms with E-state index in [1.165, 1.54) is 6.07 Å². The van der Waals surface area contributed by atoms with E-state index in [0.29, 0.717) is 10.9 Å². The minimum absolute atomic E-state index is 0.0174. The molecule has 0 radical (unpaired) electrons. The number of benzene rings is 1. The van der Waals surface area contributed by atoms with Crippen LogP contribution in [0.4, 0.5) is 4.39 Å². The van der Waals surface area contributed by atoms with Gasteiger partial charge in [-0.1, -0.05) is 0 Å². The second-order valence-corrected chi connectivity index (χ2v) is 2.70. The highest BCUT2D eigenvalue weighted by Gasteiger charge is 2.10. The molecule has 0 unspecified atom stereocenters. The Morgan fingerprint density at radius 1 is 1.46 bits per heavy atom. The molecule has 1 heterocycles. The lowest BCUT2D eigenvalue weighted by Crippen LogP contribution is -1.97. The first-order valence-corrected chi connectivity index (χ1v) is 3.68. The first-order chi connectivity index (χ1) is 6.18. The topological polar surface area (TPSA) is 53.1 Å². The van der Waals surface area contributed by atoms with Crippen molar-refractivity contribution in [1.29, 1.82) is 0 Å². The van der Waals surface area contributed by atoms with E-state index in [-0.39, 0.29) is 5.56 Å². The molecular weight excluding hydrogens is 173 g/mol. The van der Waals surface area contributed by atoms with Crippen molar-refractivity contribution in [3.63, 3.8) is 0 Å². The molecule has 2 N–H and O–H groups in total. The Bertz CT molecular complexity index is 475. The van der Waals surface area contributed by atoms with Crippen molar-refractivity contribution in [2.24, 2.45) is 0 Å². The van der Waals surface area contributed by atoms with Crippen LogP contribution in [0, 0.1) is 5.82 Å². The number of aromatic carboxylic acids is 1. The zero-order valence-corrected chi connectivity index (χ0v) is 6.54. The summed E-state index contributed by atoms with van der Waals surface area (Å²) in [6, 6.07) is 3.89. The number of fused-ring (bicyclic) bond motifs is 1. The van der Waals surface area contributed by atoms with Crippen LogP contribution in [0.2, 0.25) is 0 Å². The van der Waals surface area contributed by atoms with Crippen LogP contribution in [0.1, 0.15) is 10.4 Å². The van der Waals surface area contributed by atoms with Gasteiger partial charge in [0.25, 0.3) is 0 Å². The van der Waals surface area contributed by atoms with E-state index in [1.54, 1.807) is 12.3 Å². The van der Waals surface area contributed by atoms with Gasteiger partial charge in [-0.05, 0) is 18.2 Å². The summed E-state index contributed by atoms with van der Waals surface area (Å²) < 4.78 is 12.9. The molecule has 2 aromatic rings. The molecule has 0 aliphatic rings. The van der Waals surface area contributed by atoms with E-state index < -0.39 is 11.8 Å². The Hall–Kier alpha value is -1.84. The van der Waals surface area contributed by atoms with Crippen molar-refractivity contribution >= 4 is 16.9 Å². The third-order valence-electron chi connectivity index (χ3n) is 1.86. The van der Waals surface area contributed by atoms with Crippen LogP contribution in [0.25, 0.3) is 10.9 Å². The molecule has 4 heteroatoms. The summed E-state index contributed by atoms with van der Waals surface area (Å²) in [5.74, 6) is -1.67. The molecule has 0 aliphatic carbocycles. The average Bonchev–Trinajstić information content (AvgIpc) is 2.49. The largest absolute Gasteiger partial charge is 0.478 e. The molecule has 3 nitrogen and oxygen atoms in total. The number of rotatable bonds is 1. The number of aromatic amines is 1. The van der Waals surface area contributed by atoms with Crippen LogP contribution in [0.15, 0.2) is 24.4 Å². The van der Waals surface area contributed by atoms with Gasteiger partial charge in [-0.2, -0.15) is 0 Å². The van der Waals surface area contributed by atoms with E-state index >= 15 is 0 Å². The van der Waals surface area contributed by atoms with Crippen molar-refractivity contribution in [3.8, 4) is 0 Å². The van der Waals surface area contributed by atoms with Crippen LogP contribution in [0.3, 0.4) is 0 Å². The number of carboxylic acids is 1. The normalized spacial score (nSPS) is 10.5. The van der Waals surface area contributed by atoms with E-state index in [1.807, 2.05) is 0 Å². The lowest BCUT2D eigenvalue weighted by atomic mass is 10.1. The molecule has 1 aromatic heterocycles. The highest BCUT2D eigenvalue weighted by Crippen LogP contribution is 2.19. The standard InChI is InChI=1S/C9H6FNO2/c10-5-3-7(9(12)13)6-1-2-11-8(6)4-5/h1-4,11H,(H,12,13). The lowest BCUT2D eigenvalue weighted by molar-refractivity contribution is 0.0698. The number of aromatic nitrogens is 1. The van der Waals surface area contributed by atoms with E-state index in [2.05, 4.69) is 4.98 Å². The number of nitrogens with one attached hydrogen (secondary N) is 1. The maximum absolute atomic E-state index is 12.9. The van der Waals surface area contributed by atoms with Gasteiger partial charge in [-0.25, -0.2) is 9.18 Å². The number of carboxylic acid groups (broad SMARTS) is 1. The molecule has 0 atom stereocenters. The minimum Gasteiger partial charge on any atom is -0.478 e. The minimum atomic E-state index is -1.12. The van der Waals surface area contributed by atoms with E-state index in [9.17, 15) is 9.18 Å². The molecule has 2 rings (SSSR count). The number of carbonyl (C=O) groups is 1. The molecule has 0 amide bonds. The third kappa shape index (κ3) is 1.16. The Kier molecular flexibility index (Phi) is 1.55. The zero-order valence-electron chi connectivity index (χ0n) is 6.54. The molecule has 0 spiro atoms. The molecule has 1 aromatic carbocycles. The SMILES string of the molecule is O=C(O)c1cc(F)cc2[nH]ccc12. The van der Waals surface area contributed by atoms with Crippen LogP contribution >= 0.6 is 0 Å². The average molecular weight is 179 g/mol. The Morgan fingerprint density at radius 3 is 2.92 bits per heavy atom. The predicted molar refractivity (Wildman–Crippen MR) is 45.2 cm³/mol. The second kappa shape index (κ2) is 2.58. The predicted octanol–water partition coefficient (Wildman–Crippen LogP) is 2.01. The summed E-state index contributed by atoms with van der Waals surface area (Å²) in [5, 5.41) is 9.27.